The Hall–Kier alpha value is -1.68. The Morgan fingerprint density at radius 1 is 1.29 bits per heavy atom. The molecule has 0 aromatic heterocycles. The van der Waals surface area contributed by atoms with Crippen LogP contribution in [0.1, 0.15) is 48.9 Å². The van der Waals surface area contributed by atoms with E-state index in [9.17, 15) is 9.59 Å². The van der Waals surface area contributed by atoms with Crippen molar-refractivity contribution < 1.29 is 14.3 Å². The van der Waals surface area contributed by atoms with E-state index in [2.05, 4.69) is 0 Å². The van der Waals surface area contributed by atoms with E-state index in [0.717, 1.165) is 38.0 Å². The monoisotopic (exact) mass is 287 g/mol. The Morgan fingerprint density at radius 3 is 2.95 bits per heavy atom. The number of Topliss-reactive ketones (excluding diaryl/α,β-unsaturated/α-hetero) is 1. The third-order valence-electron chi connectivity index (χ3n) is 4.29. The fourth-order valence-corrected chi connectivity index (χ4v) is 3.15. The van der Waals surface area contributed by atoms with E-state index in [-0.39, 0.29) is 17.8 Å². The van der Waals surface area contributed by atoms with Crippen LogP contribution in [0.25, 0.3) is 0 Å². The molecule has 1 aromatic rings. The minimum Gasteiger partial charge on any atom is -0.378 e. The number of carbonyl (C=O) groups is 2. The van der Waals surface area contributed by atoms with E-state index < -0.39 is 0 Å². The molecule has 0 aliphatic carbocycles. The van der Waals surface area contributed by atoms with E-state index in [0.29, 0.717) is 24.9 Å². The molecule has 0 radical (unpaired) electrons. The molecule has 1 saturated heterocycles. The molecule has 112 valence electrons. The summed E-state index contributed by atoms with van der Waals surface area (Å²) in [6, 6.07) is 7.45. The Balaban J connectivity index is 1.72. The molecule has 1 atom stereocenters. The third-order valence-corrected chi connectivity index (χ3v) is 4.29. The van der Waals surface area contributed by atoms with Crippen molar-refractivity contribution in [3.05, 3.63) is 29.8 Å². The maximum Gasteiger partial charge on any atom is 0.227 e. The van der Waals surface area contributed by atoms with Crippen LogP contribution in [0, 0.1) is 0 Å². The van der Waals surface area contributed by atoms with Crippen molar-refractivity contribution in [1.82, 2.24) is 0 Å². The summed E-state index contributed by atoms with van der Waals surface area (Å²) in [4.78, 5) is 26.4. The zero-order chi connectivity index (χ0) is 14.7. The van der Waals surface area contributed by atoms with Crippen LogP contribution in [0.3, 0.4) is 0 Å². The van der Waals surface area contributed by atoms with Gasteiger partial charge in [0.25, 0.3) is 0 Å². The van der Waals surface area contributed by atoms with Crippen molar-refractivity contribution in [3.63, 3.8) is 0 Å². The second kappa shape index (κ2) is 6.39. The van der Waals surface area contributed by atoms with Gasteiger partial charge in [0.05, 0.1) is 11.8 Å². The number of carbonyl (C=O) groups excluding carboxylic acids is 2. The molecule has 4 nitrogen and oxygen atoms in total. The molecule has 2 aliphatic heterocycles. The van der Waals surface area contributed by atoms with Gasteiger partial charge in [-0.05, 0) is 37.8 Å². The van der Waals surface area contributed by atoms with Gasteiger partial charge in [0.1, 0.15) is 0 Å². The van der Waals surface area contributed by atoms with Crippen molar-refractivity contribution >= 4 is 17.4 Å². The number of benzene rings is 1. The molecule has 1 unspecified atom stereocenters. The lowest BCUT2D eigenvalue weighted by Crippen LogP contribution is -2.32. The molecule has 0 spiro atoms. The molecule has 0 saturated carbocycles. The maximum absolute atomic E-state index is 12.5. The number of hydrogen-bond acceptors (Lipinski definition) is 3. The highest BCUT2D eigenvalue weighted by atomic mass is 16.5. The van der Waals surface area contributed by atoms with Gasteiger partial charge in [-0.2, -0.15) is 0 Å². The number of ether oxygens (including phenoxy) is 1. The number of para-hydroxylation sites is 1. The van der Waals surface area contributed by atoms with Gasteiger partial charge in [0.2, 0.25) is 5.91 Å². The molecule has 3 rings (SSSR count). The Bertz CT molecular complexity index is 535. The second-order valence-corrected chi connectivity index (χ2v) is 5.76. The van der Waals surface area contributed by atoms with Crippen molar-refractivity contribution in [2.75, 3.05) is 18.1 Å². The number of hydrogen-bond donors (Lipinski definition) is 0. The van der Waals surface area contributed by atoms with Crippen LogP contribution in [0.4, 0.5) is 5.69 Å². The molecule has 2 aliphatic rings. The van der Waals surface area contributed by atoms with Gasteiger partial charge in [-0.25, -0.2) is 0 Å². The summed E-state index contributed by atoms with van der Waals surface area (Å²) >= 11 is 0. The lowest BCUT2D eigenvalue weighted by atomic mass is 10.1. The van der Waals surface area contributed by atoms with Gasteiger partial charge in [0, 0.05) is 31.6 Å². The first-order valence-electron chi connectivity index (χ1n) is 7.80. The van der Waals surface area contributed by atoms with Crippen molar-refractivity contribution in [2.45, 2.75) is 44.6 Å². The maximum atomic E-state index is 12.5. The first-order chi connectivity index (χ1) is 10.3. The average Bonchev–Trinajstić information content (AvgIpc) is 2.96. The van der Waals surface area contributed by atoms with Crippen molar-refractivity contribution in [1.29, 1.82) is 0 Å². The highest BCUT2D eigenvalue weighted by molar-refractivity contribution is 6.06. The second-order valence-electron chi connectivity index (χ2n) is 5.76. The predicted octanol–water partition coefficient (Wildman–Crippen LogP) is 2.96. The van der Waals surface area contributed by atoms with Crippen molar-refractivity contribution in [3.8, 4) is 0 Å². The summed E-state index contributed by atoms with van der Waals surface area (Å²) in [6.07, 6.45) is 4.92. The molecule has 21 heavy (non-hydrogen) atoms. The fraction of sp³-hybridized carbons (Fsp3) is 0.529. The Labute approximate surface area is 125 Å². The molecule has 0 bridgehead atoms. The minimum atomic E-state index is 0.104. The topological polar surface area (TPSA) is 46.6 Å². The normalized spacial score (nSPS) is 22.0. The fourth-order valence-electron chi connectivity index (χ4n) is 3.15. The molecular formula is C17H21NO3. The minimum absolute atomic E-state index is 0.104. The van der Waals surface area contributed by atoms with Gasteiger partial charge < -0.3 is 9.64 Å². The van der Waals surface area contributed by atoms with Crippen LogP contribution >= 0.6 is 0 Å². The molecule has 2 heterocycles. The number of rotatable bonds is 3. The molecule has 4 heteroatoms. The van der Waals surface area contributed by atoms with E-state index in [4.69, 9.17) is 4.74 Å². The number of ketones is 1. The largest absolute Gasteiger partial charge is 0.378 e. The van der Waals surface area contributed by atoms with Crippen LogP contribution in [0.15, 0.2) is 24.3 Å². The summed E-state index contributed by atoms with van der Waals surface area (Å²) in [7, 11) is 0. The Kier molecular flexibility index (Phi) is 4.34. The summed E-state index contributed by atoms with van der Waals surface area (Å²) in [6.45, 7) is 1.45. The zero-order valence-corrected chi connectivity index (χ0v) is 12.2. The lowest BCUT2D eigenvalue weighted by Gasteiger charge is -2.23. The predicted molar refractivity (Wildman–Crippen MR) is 80.6 cm³/mol. The van der Waals surface area contributed by atoms with Crippen LogP contribution in [0.2, 0.25) is 0 Å². The van der Waals surface area contributed by atoms with E-state index in [1.165, 1.54) is 0 Å². The zero-order valence-electron chi connectivity index (χ0n) is 12.2. The Morgan fingerprint density at radius 2 is 2.14 bits per heavy atom. The SMILES string of the molecule is O=C1CCCN(C(=O)CCC2CCCO2)c2ccccc21. The highest BCUT2D eigenvalue weighted by Gasteiger charge is 2.25. The van der Waals surface area contributed by atoms with Crippen LogP contribution in [-0.4, -0.2) is 30.9 Å². The number of nitrogens with zero attached hydrogens (tertiary/aromatic N) is 1. The van der Waals surface area contributed by atoms with Gasteiger partial charge in [-0.1, -0.05) is 12.1 Å². The van der Waals surface area contributed by atoms with Crippen LogP contribution in [-0.2, 0) is 9.53 Å². The summed E-state index contributed by atoms with van der Waals surface area (Å²) in [5.41, 5.74) is 1.46. The van der Waals surface area contributed by atoms with Crippen LogP contribution < -0.4 is 4.90 Å². The number of fused-ring (bicyclic) bond motifs is 1. The third kappa shape index (κ3) is 3.16. The smallest absolute Gasteiger partial charge is 0.227 e. The number of anilines is 1. The van der Waals surface area contributed by atoms with Crippen LogP contribution in [0.5, 0.6) is 0 Å². The average molecular weight is 287 g/mol. The first-order valence-corrected chi connectivity index (χ1v) is 7.80. The molecule has 1 fully saturated rings. The number of amides is 1. The van der Waals surface area contributed by atoms with Gasteiger partial charge >= 0.3 is 0 Å². The quantitative estimate of drug-likeness (QED) is 0.858. The van der Waals surface area contributed by atoms with Gasteiger partial charge in [0.15, 0.2) is 5.78 Å². The summed E-state index contributed by atoms with van der Waals surface area (Å²) in [5, 5.41) is 0. The lowest BCUT2D eigenvalue weighted by molar-refractivity contribution is -0.119. The highest BCUT2D eigenvalue weighted by Crippen LogP contribution is 2.27. The standard InChI is InChI=1S/C17H21NO3/c19-16-8-3-11-18(15-7-2-1-6-14(15)16)17(20)10-9-13-5-4-12-21-13/h1-2,6-7,13H,3-5,8-12H2. The molecule has 1 amide bonds. The first kappa shape index (κ1) is 14.3. The van der Waals surface area contributed by atoms with Gasteiger partial charge in [-0.3, -0.25) is 9.59 Å². The molecule has 0 N–H and O–H groups in total. The van der Waals surface area contributed by atoms with Gasteiger partial charge in [-0.15, -0.1) is 0 Å². The summed E-state index contributed by atoms with van der Waals surface area (Å²) in [5.74, 6) is 0.243. The van der Waals surface area contributed by atoms with E-state index >= 15 is 0 Å². The molecular weight excluding hydrogens is 266 g/mol. The summed E-state index contributed by atoms with van der Waals surface area (Å²) < 4.78 is 5.58. The van der Waals surface area contributed by atoms with E-state index in [1.807, 2.05) is 24.3 Å². The molecule has 1 aromatic carbocycles. The van der Waals surface area contributed by atoms with E-state index in [1.54, 1.807) is 4.90 Å². The van der Waals surface area contributed by atoms with Crippen molar-refractivity contribution in [2.24, 2.45) is 0 Å².